The number of aromatic nitrogens is 2. The summed E-state index contributed by atoms with van der Waals surface area (Å²) in [7, 11) is 0. The zero-order valence-electron chi connectivity index (χ0n) is 10.5. The zero-order valence-corrected chi connectivity index (χ0v) is 12.1. The van der Waals surface area contributed by atoms with Crippen LogP contribution in [0, 0.1) is 0 Å². The van der Waals surface area contributed by atoms with Crippen LogP contribution in [0.4, 0.5) is 0 Å². The minimum atomic E-state index is 1.00. The van der Waals surface area contributed by atoms with E-state index in [-0.39, 0.29) is 0 Å². The molecule has 0 saturated carbocycles. The molecule has 2 aromatic rings. The Kier molecular flexibility index (Phi) is 3.66. The normalized spacial score (nSPS) is 18.1. The highest BCUT2D eigenvalue weighted by atomic mass is 79.9. The van der Waals surface area contributed by atoms with Crippen molar-refractivity contribution in [2.24, 2.45) is 0 Å². The fraction of sp³-hybridized carbons (Fsp3) is 0.500. The molecule has 1 aliphatic heterocycles. The van der Waals surface area contributed by atoms with E-state index in [4.69, 9.17) is 0 Å². The SMILES string of the molecule is Brc1cccc2ncc(CN3CCCCCC3)n12. The molecule has 1 fully saturated rings. The topological polar surface area (TPSA) is 20.5 Å². The molecule has 3 heterocycles. The molecule has 0 radical (unpaired) electrons. The van der Waals surface area contributed by atoms with Crippen molar-refractivity contribution in [1.82, 2.24) is 14.3 Å². The van der Waals surface area contributed by atoms with Crippen LogP contribution in [0.25, 0.3) is 5.65 Å². The zero-order chi connectivity index (χ0) is 12.4. The lowest BCUT2D eigenvalue weighted by Gasteiger charge is -2.19. The molecule has 3 nitrogen and oxygen atoms in total. The van der Waals surface area contributed by atoms with Gasteiger partial charge in [-0.1, -0.05) is 18.9 Å². The molecule has 0 atom stereocenters. The van der Waals surface area contributed by atoms with E-state index in [1.165, 1.54) is 44.5 Å². The van der Waals surface area contributed by atoms with Gasteiger partial charge in [0.2, 0.25) is 0 Å². The largest absolute Gasteiger partial charge is 0.298 e. The summed E-state index contributed by atoms with van der Waals surface area (Å²) in [5.74, 6) is 0. The smallest absolute Gasteiger partial charge is 0.137 e. The van der Waals surface area contributed by atoms with Crippen LogP contribution in [0.1, 0.15) is 31.4 Å². The van der Waals surface area contributed by atoms with Crippen molar-refractivity contribution in [3.05, 3.63) is 34.7 Å². The van der Waals surface area contributed by atoms with Gasteiger partial charge >= 0.3 is 0 Å². The molecule has 4 heteroatoms. The maximum absolute atomic E-state index is 4.47. The van der Waals surface area contributed by atoms with Crippen molar-refractivity contribution in [3.63, 3.8) is 0 Å². The third-order valence-electron chi connectivity index (χ3n) is 3.64. The molecule has 0 N–H and O–H groups in total. The maximum Gasteiger partial charge on any atom is 0.137 e. The highest BCUT2D eigenvalue weighted by Crippen LogP contribution is 2.18. The molecular formula is C14H18BrN3. The molecule has 2 aromatic heterocycles. The summed E-state index contributed by atoms with van der Waals surface area (Å²) in [5.41, 5.74) is 2.30. The van der Waals surface area contributed by atoms with Gasteiger partial charge in [0, 0.05) is 6.54 Å². The Labute approximate surface area is 116 Å². The molecule has 3 rings (SSSR count). The number of pyridine rings is 1. The number of halogens is 1. The molecule has 0 aliphatic carbocycles. The van der Waals surface area contributed by atoms with Crippen molar-refractivity contribution in [2.75, 3.05) is 13.1 Å². The fourth-order valence-electron chi connectivity index (χ4n) is 2.69. The Morgan fingerprint density at radius 2 is 1.89 bits per heavy atom. The quantitative estimate of drug-likeness (QED) is 0.792. The van der Waals surface area contributed by atoms with Crippen molar-refractivity contribution >= 4 is 21.6 Å². The molecule has 1 aliphatic rings. The van der Waals surface area contributed by atoms with E-state index in [2.05, 4.69) is 42.3 Å². The van der Waals surface area contributed by atoms with Gasteiger partial charge in [0.1, 0.15) is 5.65 Å². The van der Waals surface area contributed by atoms with Crippen molar-refractivity contribution in [2.45, 2.75) is 32.2 Å². The van der Waals surface area contributed by atoms with Crippen LogP contribution >= 0.6 is 15.9 Å². The number of hydrogen-bond donors (Lipinski definition) is 0. The van der Waals surface area contributed by atoms with Crippen LogP contribution in [-0.4, -0.2) is 27.4 Å². The summed E-state index contributed by atoms with van der Waals surface area (Å²) in [5, 5.41) is 0. The molecule has 18 heavy (non-hydrogen) atoms. The molecular weight excluding hydrogens is 290 g/mol. The Balaban J connectivity index is 1.85. The second-order valence-electron chi connectivity index (χ2n) is 4.98. The summed E-state index contributed by atoms with van der Waals surface area (Å²) in [6.45, 7) is 3.44. The molecule has 96 valence electrons. The van der Waals surface area contributed by atoms with Crippen LogP contribution in [0.3, 0.4) is 0 Å². The van der Waals surface area contributed by atoms with E-state index in [9.17, 15) is 0 Å². The summed E-state index contributed by atoms with van der Waals surface area (Å²) >= 11 is 3.61. The highest BCUT2D eigenvalue weighted by molar-refractivity contribution is 9.10. The summed E-state index contributed by atoms with van der Waals surface area (Å²) in [6.07, 6.45) is 7.43. The average Bonchev–Trinajstić information content (AvgIpc) is 2.60. The lowest BCUT2D eigenvalue weighted by atomic mass is 10.2. The van der Waals surface area contributed by atoms with Crippen LogP contribution in [0.2, 0.25) is 0 Å². The molecule has 0 bridgehead atoms. The van der Waals surface area contributed by atoms with E-state index in [0.717, 1.165) is 16.8 Å². The monoisotopic (exact) mass is 307 g/mol. The molecule has 1 saturated heterocycles. The first-order valence-corrected chi connectivity index (χ1v) is 7.47. The van der Waals surface area contributed by atoms with Crippen molar-refractivity contribution in [3.8, 4) is 0 Å². The summed E-state index contributed by atoms with van der Waals surface area (Å²) in [6, 6.07) is 6.15. The van der Waals surface area contributed by atoms with E-state index in [1.54, 1.807) is 0 Å². The first kappa shape index (κ1) is 12.2. The van der Waals surface area contributed by atoms with Crippen LogP contribution in [0.15, 0.2) is 29.0 Å². The van der Waals surface area contributed by atoms with E-state index in [1.807, 2.05) is 12.3 Å². The first-order valence-electron chi connectivity index (χ1n) is 6.68. The molecule has 0 aromatic carbocycles. The summed E-state index contributed by atoms with van der Waals surface area (Å²) in [4.78, 5) is 7.03. The number of hydrogen-bond acceptors (Lipinski definition) is 2. The van der Waals surface area contributed by atoms with E-state index in [0.29, 0.717) is 0 Å². The lowest BCUT2D eigenvalue weighted by Crippen LogP contribution is -2.24. The van der Waals surface area contributed by atoms with E-state index >= 15 is 0 Å². The molecule has 0 unspecified atom stereocenters. The van der Waals surface area contributed by atoms with Gasteiger partial charge in [-0.3, -0.25) is 9.30 Å². The second kappa shape index (κ2) is 5.41. The number of imidazole rings is 1. The van der Waals surface area contributed by atoms with Gasteiger partial charge < -0.3 is 0 Å². The Hall–Kier alpha value is -0.870. The third-order valence-corrected chi connectivity index (χ3v) is 4.26. The highest BCUT2D eigenvalue weighted by Gasteiger charge is 2.12. The minimum absolute atomic E-state index is 1.00. The number of rotatable bonds is 2. The van der Waals surface area contributed by atoms with Crippen LogP contribution in [-0.2, 0) is 6.54 Å². The first-order chi connectivity index (χ1) is 8.84. The van der Waals surface area contributed by atoms with Crippen LogP contribution in [0.5, 0.6) is 0 Å². The van der Waals surface area contributed by atoms with Gasteiger partial charge in [0.25, 0.3) is 0 Å². The predicted molar refractivity (Wildman–Crippen MR) is 76.6 cm³/mol. The van der Waals surface area contributed by atoms with Crippen LogP contribution < -0.4 is 0 Å². The Morgan fingerprint density at radius 1 is 1.11 bits per heavy atom. The van der Waals surface area contributed by atoms with Gasteiger partial charge in [0.15, 0.2) is 0 Å². The van der Waals surface area contributed by atoms with Crippen molar-refractivity contribution < 1.29 is 0 Å². The van der Waals surface area contributed by atoms with E-state index < -0.39 is 0 Å². The minimum Gasteiger partial charge on any atom is -0.298 e. The molecule has 0 amide bonds. The van der Waals surface area contributed by atoms with Gasteiger partial charge in [-0.05, 0) is 54.0 Å². The number of fused-ring (bicyclic) bond motifs is 1. The molecule has 0 spiro atoms. The standard InChI is InChI=1S/C14H18BrN3/c15-13-6-5-7-14-16-10-12(18(13)14)11-17-8-3-1-2-4-9-17/h5-7,10H,1-4,8-9,11H2. The third kappa shape index (κ3) is 2.45. The van der Waals surface area contributed by atoms with Gasteiger partial charge in [-0.2, -0.15) is 0 Å². The Morgan fingerprint density at radius 3 is 2.67 bits per heavy atom. The fourth-order valence-corrected chi connectivity index (χ4v) is 3.25. The number of nitrogens with zero attached hydrogens (tertiary/aromatic N) is 3. The summed E-state index contributed by atoms with van der Waals surface area (Å²) < 4.78 is 3.28. The average molecular weight is 308 g/mol. The lowest BCUT2D eigenvalue weighted by molar-refractivity contribution is 0.273. The van der Waals surface area contributed by atoms with Crippen molar-refractivity contribution in [1.29, 1.82) is 0 Å². The van der Waals surface area contributed by atoms with Gasteiger partial charge in [-0.15, -0.1) is 0 Å². The Bertz CT molecular complexity index is 527. The predicted octanol–water partition coefficient (Wildman–Crippen LogP) is 3.47. The van der Waals surface area contributed by atoms with Gasteiger partial charge in [0.05, 0.1) is 16.5 Å². The van der Waals surface area contributed by atoms with Gasteiger partial charge in [-0.25, -0.2) is 4.98 Å². The maximum atomic E-state index is 4.47. The number of likely N-dealkylation sites (tertiary alicyclic amines) is 1. The second-order valence-corrected chi connectivity index (χ2v) is 5.79.